The van der Waals surface area contributed by atoms with E-state index in [0.717, 1.165) is 12.1 Å². The van der Waals surface area contributed by atoms with Gasteiger partial charge in [0.15, 0.2) is 0 Å². The number of thiol groups is 1. The van der Waals surface area contributed by atoms with Gasteiger partial charge in [-0.15, -0.1) is 0 Å². The minimum absolute atomic E-state index is 0.304. The first-order valence-corrected chi connectivity index (χ1v) is 4.22. The first kappa shape index (κ1) is 10.5. The second kappa shape index (κ2) is 4.05. The molecular weight excluding hydrogens is 208 g/mol. The third-order valence-corrected chi connectivity index (χ3v) is 1.98. The molecule has 0 aliphatic carbocycles. The van der Waals surface area contributed by atoms with Gasteiger partial charge in [0.1, 0.15) is 0 Å². The van der Waals surface area contributed by atoms with Gasteiger partial charge in [0, 0.05) is 17.9 Å². The third kappa shape index (κ3) is 1.99. The monoisotopic (exact) mass is 214 g/mol. The number of rotatable bonds is 3. The van der Waals surface area contributed by atoms with Gasteiger partial charge in [0.2, 0.25) is 0 Å². The predicted molar refractivity (Wildman–Crippen MR) is 52.4 cm³/mol. The van der Waals surface area contributed by atoms with Gasteiger partial charge in [0.05, 0.1) is 9.85 Å². The van der Waals surface area contributed by atoms with Crippen LogP contribution in [0.1, 0.15) is 5.56 Å². The summed E-state index contributed by atoms with van der Waals surface area (Å²) >= 11 is 3.92. The van der Waals surface area contributed by atoms with Crippen molar-refractivity contribution in [3.8, 4) is 0 Å². The molecular formula is C7H6N2O4S. The fraction of sp³-hybridized carbons (Fsp3) is 0.143. The molecule has 0 amide bonds. The van der Waals surface area contributed by atoms with Crippen molar-refractivity contribution >= 4 is 24.0 Å². The second-order valence-corrected chi connectivity index (χ2v) is 2.81. The molecule has 0 heterocycles. The minimum atomic E-state index is -0.777. The summed E-state index contributed by atoms with van der Waals surface area (Å²) in [4.78, 5) is 19.3. The molecule has 1 rings (SSSR count). The summed E-state index contributed by atoms with van der Waals surface area (Å²) in [5, 5.41) is 20.9. The lowest BCUT2D eigenvalue weighted by molar-refractivity contribution is -0.422. The number of hydrogen-bond donors (Lipinski definition) is 1. The van der Waals surface area contributed by atoms with Crippen LogP contribution < -0.4 is 0 Å². The Labute approximate surface area is 84.3 Å². The lowest BCUT2D eigenvalue weighted by atomic mass is 10.2. The van der Waals surface area contributed by atoms with E-state index in [1.54, 1.807) is 0 Å². The quantitative estimate of drug-likeness (QED) is 0.473. The zero-order valence-electron chi connectivity index (χ0n) is 6.91. The van der Waals surface area contributed by atoms with Gasteiger partial charge in [0.25, 0.3) is 0 Å². The lowest BCUT2D eigenvalue weighted by Gasteiger charge is -1.97. The summed E-state index contributed by atoms with van der Waals surface area (Å²) in [6.07, 6.45) is 0. The Hall–Kier alpha value is -1.63. The Morgan fingerprint density at radius 1 is 1.14 bits per heavy atom. The SMILES string of the molecule is O=[N+]([O-])c1ccc(CS)cc1[N+](=O)[O-]. The summed E-state index contributed by atoms with van der Waals surface area (Å²) in [5.74, 6) is 0.304. The Morgan fingerprint density at radius 3 is 2.14 bits per heavy atom. The van der Waals surface area contributed by atoms with Crippen LogP contribution in [0.25, 0.3) is 0 Å². The highest BCUT2D eigenvalue weighted by Crippen LogP contribution is 2.27. The molecule has 0 saturated carbocycles. The molecule has 7 heteroatoms. The molecule has 0 saturated heterocycles. The van der Waals surface area contributed by atoms with Crippen molar-refractivity contribution in [2.24, 2.45) is 0 Å². The van der Waals surface area contributed by atoms with E-state index in [4.69, 9.17) is 0 Å². The van der Waals surface area contributed by atoms with Crippen LogP contribution in [0.15, 0.2) is 18.2 Å². The van der Waals surface area contributed by atoms with E-state index in [9.17, 15) is 20.2 Å². The van der Waals surface area contributed by atoms with Crippen LogP contribution in [-0.2, 0) is 5.75 Å². The fourth-order valence-electron chi connectivity index (χ4n) is 0.968. The van der Waals surface area contributed by atoms with Crippen LogP contribution in [0, 0.1) is 20.2 Å². The van der Waals surface area contributed by atoms with Crippen molar-refractivity contribution in [3.05, 3.63) is 44.0 Å². The Kier molecular flexibility index (Phi) is 3.03. The van der Waals surface area contributed by atoms with Crippen LogP contribution in [0.3, 0.4) is 0 Å². The van der Waals surface area contributed by atoms with E-state index < -0.39 is 21.2 Å². The Bertz CT molecular complexity index is 393. The maximum Gasteiger partial charge on any atom is 0.346 e. The molecule has 0 fully saturated rings. The normalized spacial score (nSPS) is 9.79. The van der Waals surface area contributed by atoms with E-state index in [1.165, 1.54) is 6.07 Å². The van der Waals surface area contributed by atoms with Crippen LogP contribution in [-0.4, -0.2) is 9.85 Å². The van der Waals surface area contributed by atoms with E-state index in [2.05, 4.69) is 12.6 Å². The maximum atomic E-state index is 10.5. The number of nitro benzene ring substituents is 2. The summed E-state index contributed by atoms with van der Waals surface area (Å²) in [6.45, 7) is 0. The molecule has 0 bridgehead atoms. The number of benzene rings is 1. The van der Waals surface area contributed by atoms with E-state index in [1.807, 2.05) is 0 Å². The molecule has 0 aromatic heterocycles. The van der Waals surface area contributed by atoms with Gasteiger partial charge < -0.3 is 0 Å². The van der Waals surface area contributed by atoms with Crippen molar-refractivity contribution in [2.75, 3.05) is 0 Å². The molecule has 1 aromatic carbocycles. The van der Waals surface area contributed by atoms with Gasteiger partial charge in [-0.3, -0.25) is 20.2 Å². The first-order chi connectivity index (χ1) is 6.56. The van der Waals surface area contributed by atoms with Gasteiger partial charge in [-0.2, -0.15) is 12.6 Å². The molecule has 0 aliphatic heterocycles. The van der Waals surface area contributed by atoms with Crippen molar-refractivity contribution in [3.63, 3.8) is 0 Å². The fourth-order valence-corrected chi connectivity index (χ4v) is 1.16. The van der Waals surface area contributed by atoms with Crippen molar-refractivity contribution in [1.82, 2.24) is 0 Å². The molecule has 1 aromatic rings. The molecule has 0 spiro atoms. The average Bonchev–Trinajstić information content (AvgIpc) is 2.16. The molecule has 74 valence electrons. The van der Waals surface area contributed by atoms with Crippen molar-refractivity contribution in [2.45, 2.75) is 5.75 Å². The van der Waals surface area contributed by atoms with Gasteiger partial charge in [-0.1, -0.05) is 6.07 Å². The molecule has 0 N–H and O–H groups in total. The highest BCUT2D eigenvalue weighted by molar-refractivity contribution is 7.79. The number of nitrogens with zero attached hydrogens (tertiary/aromatic N) is 2. The first-order valence-electron chi connectivity index (χ1n) is 3.59. The third-order valence-electron chi connectivity index (χ3n) is 1.62. The zero-order chi connectivity index (χ0) is 10.7. The molecule has 0 unspecified atom stereocenters. The summed E-state index contributed by atoms with van der Waals surface area (Å²) in [5.41, 5.74) is -0.423. The van der Waals surface area contributed by atoms with Crippen LogP contribution in [0.5, 0.6) is 0 Å². The van der Waals surface area contributed by atoms with E-state index in [-0.39, 0.29) is 0 Å². The Morgan fingerprint density at radius 2 is 1.71 bits per heavy atom. The summed E-state index contributed by atoms with van der Waals surface area (Å²) < 4.78 is 0. The lowest BCUT2D eigenvalue weighted by Crippen LogP contribution is -1.97. The predicted octanol–water partition coefficient (Wildman–Crippen LogP) is 1.93. The summed E-state index contributed by atoms with van der Waals surface area (Å²) in [6, 6.07) is 3.72. The molecule has 0 atom stereocenters. The largest absolute Gasteiger partial charge is 0.346 e. The van der Waals surface area contributed by atoms with Gasteiger partial charge >= 0.3 is 11.4 Å². The van der Waals surface area contributed by atoms with Crippen LogP contribution >= 0.6 is 12.6 Å². The van der Waals surface area contributed by atoms with Gasteiger partial charge in [-0.25, -0.2) is 0 Å². The molecule has 6 nitrogen and oxygen atoms in total. The minimum Gasteiger partial charge on any atom is -0.258 e. The highest BCUT2D eigenvalue weighted by atomic mass is 32.1. The topological polar surface area (TPSA) is 86.3 Å². The van der Waals surface area contributed by atoms with E-state index in [0.29, 0.717) is 11.3 Å². The van der Waals surface area contributed by atoms with Gasteiger partial charge in [-0.05, 0) is 5.56 Å². The highest BCUT2D eigenvalue weighted by Gasteiger charge is 2.23. The van der Waals surface area contributed by atoms with Crippen molar-refractivity contribution < 1.29 is 9.85 Å². The zero-order valence-corrected chi connectivity index (χ0v) is 7.81. The molecule has 0 aliphatic rings. The van der Waals surface area contributed by atoms with Crippen LogP contribution in [0.4, 0.5) is 11.4 Å². The maximum absolute atomic E-state index is 10.5. The second-order valence-electron chi connectivity index (χ2n) is 2.50. The number of nitro groups is 2. The molecule has 0 radical (unpaired) electrons. The van der Waals surface area contributed by atoms with Crippen molar-refractivity contribution in [1.29, 1.82) is 0 Å². The molecule has 14 heavy (non-hydrogen) atoms. The van der Waals surface area contributed by atoms with E-state index >= 15 is 0 Å². The smallest absolute Gasteiger partial charge is 0.258 e. The number of hydrogen-bond acceptors (Lipinski definition) is 5. The summed E-state index contributed by atoms with van der Waals surface area (Å²) in [7, 11) is 0. The average molecular weight is 214 g/mol. The Balaban J connectivity index is 3.31. The van der Waals surface area contributed by atoms with Crippen LogP contribution in [0.2, 0.25) is 0 Å². The standard InChI is InChI=1S/C7H6N2O4S/c10-8(11)6-2-1-5(4-14)3-7(6)9(12)13/h1-3,14H,4H2.